The highest BCUT2D eigenvalue weighted by Gasteiger charge is 2.20. The van der Waals surface area contributed by atoms with Gasteiger partial charge in [-0.15, -0.1) is 11.3 Å². The van der Waals surface area contributed by atoms with Gasteiger partial charge in [-0.25, -0.2) is 0 Å². The summed E-state index contributed by atoms with van der Waals surface area (Å²) in [5.74, 6) is 1.69. The van der Waals surface area contributed by atoms with Crippen LogP contribution in [0, 0.1) is 11.3 Å². The predicted molar refractivity (Wildman–Crippen MR) is 86.0 cm³/mol. The van der Waals surface area contributed by atoms with E-state index in [0.29, 0.717) is 10.6 Å². The van der Waals surface area contributed by atoms with E-state index in [0.717, 1.165) is 33.9 Å². The van der Waals surface area contributed by atoms with Gasteiger partial charge in [0.15, 0.2) is 0 Å². The van der Waals surface area contributed by atoms with E-state index in [2.05, 4.69) is 6.07 Å². The number of nitrogen functional groups attached to an aromatic ring is 1. The van der Waals surface area contributed by atoms with Crippen molar-refractivity contribution in [3.05, 3.63) is 53.1 Å². The first-order valence-corrected chi connectivity index (χ1v) is 7.53. The monoisotopic (exact) mass is 294 g/mol. The summed E-state index contributed by atoms with van der Waals surface area (Å²) in [7, 11) is 0. The van der Waals surface area contributed by atoms with Crippen molar-refractivity contribution in [3.8, 4) is 27.8 Å². The molecular formula is C17H14N2OS. The zero-order valence-corrected chi connectivity index (χ0v) is 12.4. The summed E-state index contributed by atoms with van der Waals surface area (Å²) in [5.41, 5.74) is 8.58. The molecule has 0 fully saturated rings. The number of anilines is 1. The van der Waals surface area contributed by atoms with Crippen LogP contribution in [-0.2, 0) is 6.42 Å². The van der Waals surface area contributed by atoms with Gasteiger partial charge < -0.3 is 10.2 Å². The van der Waals surface area contributed by atoms with E-state index in [1.807, 2.05) is 49.4 Å². The maximum atomic E-state index is 9.25. The Kier molecular flexibility index (Phi) is 3.51. The molecule has 1 aromatic carbocycles. The van der Waals surface area contributed by atoms with Crippen molar-refractivity contribution >= 4 is 17.0 Å². The molecule has 2 N–H and O–H groups in total. The number of aryl methyl sites for hydroxylation is 1. The number of thiophene rings is 1. The Hall–Kier alpha value is -2.51. The van der Waals surface area contributed by atoms with Gasteiger partial charge in [0.25, 0.3) is 0 Å². The molecule has 0 saturated heterocycles. The van der Waals surface area contributed by atoms with Crippen LogP contribution in [0.5, 0.6) is 0 Å². The highest BCUT2D eigenvalue weighted by atomic mass is 32.1. The molecule has 0 saturated carbocycles. The number of rotatable bonds is 3. The van der Waals surface area contributed by atoms with Gasteiger partial charge in [0, 0.05) is 12.0 Å². The summed E-state index contributed by atoms with van der Waals surface area (Å²) in [4.78, 5) is 1.44. The number of hydrogen-bond donors (Lipinski definition) is 1. The Morgan fingerprint density at radius 3 is 2.57 bits per heavy atom. The second-order valence-electron chi connectivity index (χ2n) is 4.65. The molecule has 0 spiro atoms. The third-order valence-electron chi connectivity index (χ3n) is 3.34. The van der Waals surface area contributed by atoms with Crippen molar-refractivity contribution in [3.63, 3.8) is 0 Å². The second kappa shape index (κ2) is 5.47. The van der Waals surface area contributed by atoms with Crippen molar-refractivity contribution in [1.29, 1.82) is 5.26 Å². The number of benzene rings is 1. The van der Waals surface area contributed by atoms with Crippen LogP contribution in [0.2, 0.25) is 0 Å². The molecule has 104 valence electrons. The van der Waals surface area contributed by atoms with Crippen molar-refractivity contribution in [2.75, 3.05) is 5.73 Å². The Balaban J connectivity index is 2.23. The average molecular weight is 294 g/mol. The van der Waals surface area contributed by atoms with Gasteiger partial charge in [-0.1, -0.05) is 37.3 Å². The Morgan fingerprint density at radius 1 is 1.19 bits per heavy atom. The first-order chi connectivity index (χ1) is 10.2. The molecule has 0 radical (unpaired) electrons. The van der Waals surface area contributed by atoms with E-state index < -0.39 is 0 Å². The van der Waals surface area contributed by atoms with Gasteiger partial charge in [0.05, 0.1) is 10.6 Å². The van der Waals surface area contributed by atoms with Crippen LogP contribution >= 0.6 is 11.3 Å². The molecule has 21 heavy (non-hydrogen) atoms. The van der Waals surface area contributed by atoms with Gasteiger partial charge in [0.2, 0.25) is 0 Å². The molecule has 0 amide bonds. The lowest BCUT2D eigenvalue weighted by molar-refractivity contribution is 0.530. The van der Waals surface area contributed by atoms with Gasteiger partial charge >= 0.3 is 0 Å². The number of nitrogens with two attached hydrogens (primary N) is 1. The number of nitrogens with zero attached hydrogens (tertiary/aromatic N) is 1. The molecule has 0 unspecified atom stereocenters. The Labute approximate surface area is 127 Å². The van der Waals surface area contributed by atoms with Crippen LogP contribution in [0.25, 0.3) is 21.8 Å². The maximum absolute atomic E-state index is 9.25. The Bertz CT molecular complexity index is 809. The first-order valence-electron chi connectivity index (χ1n) is 6.71. The van der Waals surface area contributed by atoms with E-state index >= 15 is 0 Å². The van der Waals surface area contributed by atoms with Crippen molar-refractivity contribution < 1.29 is 4.42 Å². The SMILES string of the molecule is CCc1ccc(-c2sc(C#N)c(N)c2-c2ccccc2)o1. The van der Waals surface area contributed by atoms with Gasteiger partial charge in [0.1, 0.15) is 22.5 Å². The lowest BCUT2D eigenvalue weighted by Crippen LogP contribution is -1.89. The third kappa shape index (κ3) is 2.32. The second-order valence-corrected chi connectivity index (χ2v) is 5.67. The van der Waals surface area contributed by atoms with Crippen LogP contribution in [0.4, 0.5) is 5.69 Å². The minimum absolute atomic E-state index is 0.526. The molecule has 3 aromatic rings. The molecule has 0 aliphatic rings. The molecule has 2 aromatic heterocycles. The molecule has 4 heteroatoms. The lowest BCUT2D eigenvalue weighted by Gasteiger charge is -2.03. The number of hydrogen-bond acceptors (Lipinski definition) is 4. The quantitative estimate of drug-likeness (QED) is 0.762. The molecule has 0 bridgehead atoms. The fourth-order valence-electron chi connectivity index (χ4n) is 2.28. The van der Waals surface area contributed by atoms with Crippen LogP contribution in [0.1, 0.15) is 17.6 Å². The van der Waals surface area contributed by atoms with Crippen LogP contribution in [0.3, 0.4) is 0 Å². The molecule has 0 aliphatic carbocycles. The topological polar surface area (TPSA) is 63.0 Å². The highest BCUT2D eigenvalue weighted by molar-refractivity contribution is 7.17. The summed E-state index contributed by atoms with van der Waals surface area (Å²) >= 11 is 1.38. The van der Waals surface area contributed by atoms with E-state index in [1.165, 1.54) is 11.3 Å². The van der Waals surface area contributed by atoms with Gasteiger partial charge in [-0.3, -0.25) is 0 Å². The predicted octanol–water partition coefficient (Wildman–Crippen LogP) is 4.69. The number of furan rings is 1. The number of nitriles is 1. The fraction of sp³-hybridized carbons (Fsp3) is 0.118. The van der Waals surface area contributed by atoms with Crippen LogP contribution < -0.4 is 5.73 Å². The van der Waals surface area contributed by atoms with Crippen LogP contribution in [-0.4, -0.2) is 0 Å². The first kappa shape index (κ1) is 13.5. The summed E-state index contributed by atoms with van der Waals surface area (Å²) in [6.07, 6.45) is 0.840. The molecule has 3 nitrogen and oxygen atoms in total. The highest BCUT2D eigenvalue weighted by Crippen LogP contribution is 2.45. The lowest BCUT2D eigenvalue weighted by atomic mass is 10.0. The molecule has 0 atom stereocenters. The van der Waals surface area contributed by atoms with Crippen molar-refractivity contribution in [2.45, 2.75) is 13.3 Å². The summed E-state index contributed by atoms with van der Waals surface area (Å²) < 4.78 is 5.84. The molecule has 2 heterocycles. The average Bonchev–Trinajstić information content (AvgIpc) is 3.12. The van der Waals surface area contributed by atoms with Crippen molar-refractivity contribution in [1.82, 2.24) is 0 Å². The molecule has 3 rings (SSSR count). The fourth-order valence-corrected chi connectivity index (χ4v) is 3.28. The molecular weight excluding hydrogens is 280 g/mol. The normalized spacial score (nSPS) is 10.5. The van der Waals surface area contributed by atoms with E-state index in [9.17, 15) is 5.26 Å². The Morgan fingerprint density at radius 2 is 1.95 bits per heavy atom. The minimum atomic E-state index is 0.526. The van der Waals surface area contributed by atoms with Crippen LogP contribution in [0.15, 0.2) is 46.9 Å². The van der Waals surface area contributed by atoms with Gasteiger partial charge in [-0.05, 0) is 17.7 Å². The minimum Gasteiger partial charge on any atom is -0.460 e. The smallest absolute Gasteiger partial charge is 0.144 e. The zero-order valence-electron chi connectivity index (χ0n) is 11.6. The van der Waals surface area contributed by atoms with E-state index in [4.69, 9.17) is 10.2 Å². The summed E-state index contributed by atoms with van der Waals surface area (Å²) in [6.45, 7) is 2.05. The van der Waals surface area contributed by atoms with E-state index in [1.54, 1.807) is 0 Å². The summed E-state index contributed by atoms with van der Waals surface area (Å²) in [6, 6.07) is 15.9. The van der Waals surface area contributed by atoms with Gasteiger partial charge in [-0.2, -0.15) is 5.26 Å². The largest absolute Gasteiger partial charge is 0.460 e. The molecule has 0 aliphatic heterocycles. The zero-order chi connectivity index (χ0) is 14.8. The summed E-state index contributed by atoms with van der Waals surface area (Å²) in [5, 5.41) is 9.25. The standard InChI is InChI=1S/C17H14N2OS/c1-2-12-8-9-13(20-12)17-15(11-6-4-3-5-7-11)16(19)14(10-18)21-17/h3-9H,2,19H2,1H3. The third-order valence-corrected chi connectivity index (χ3v) is 4.47. The van der Waals surface area contributed by atoms with E-state index in [-0.39, 0.29) is 0 Å². The maximum Gasteiger partial charge on any atom is 0.144 e. The van der Waals surface area contributed by atoms with Crippen molar-refractivity contribution in [2.24, 2.45) is 0 Å².